The van der Waals surface area contributed by atoms with Gasteiger partial charge in [0.2, 0.25) is 11.6 Å². The smallest absolute Gasteiger partial charge is 0.255 e. The van der Waals surface area contributed by atoms with Gasteiger partial charge in [-0.2, -0.15) is 0 Å². The number of aromatic hydroxyl groups is 1. The summed E-state index contributed by atoms with van der Waals surface area (Å²) in [5, 5.41) is 46.0. The van der Waals surface area contributed by atoms with Crippen molar-refractivity contribution in [1.29, 1.82) is 0 Å². The van der Waals surface area contributed by atoms with Crippen molar-refractivity contribution in [3.05, 3.63) is 40.2 Å². The van der Waals surface area contributed by atoms with Gasteiger partial charge < -0.3 is 26.2 Å². The molecule has 11 heteroatoms. The lowest BCUT2D eigenvalue weighted by molar-refractivity contribution is -0.168. The first kappa shape index (κ1) is 24.7. The van der Waals surface area contributed by atoms with Crippen LogP contribution in [0.25, 0.3) is 5.76 Å². The molecule has 1 aromatic carbocycles. The molecule has 0 aromatic heterocycles. The standard InChI is InChI=1S/C24H29N3O8/c1-23(26(2)3)13-9-11-8-10-6-7-12(27(4)35-5)17(28)14(10)18(29)15(11)20(31)24(13,34)21(32)16(19(23)30)22(25)33/h6-7,11,13,28-30,34H,8-9H2,1-5H3,(H2,25,33)/t11-,13-,23-,24-/m0/s1. The van der Waals surface area contributed by atoms with Crippen molar-refractivity contribution < 1.29 is 39.6 Å². The Balaban J connectivity index is 1.97. The number of hydrogen-bond donors (Lipinski definition) is 5. The third-order valence-electron chi connectivity index (χ3n) is 7.98. The summed E-state index contributed by atoms with van der Waals surface area (Å²) in [6, 6.07) is 3.30. The number of carbonyl (C=O) groups excluding carboxylic acids is 3. The fraction of sp³-hybridized carbons (Fsp3) is 0.458. The molecule has 4 atom stereocenters. The molecule has 0 saturated heterocycles. The minimum Gasteiger partial charge on any atom is -0.509 e. The Bertz CT molecular complexity index is 1240. The van der Waals surface area contributed by atoms with Crippen LogP contribution in [0.15, 0.2) is 29.0 Å². The van der Waals surface area contributed by atoms with Crippen molar-refractivity contribution in [2.45, 2.75) is 30.9 Å². The van der Waals surface area contributed by atoms with Crippen LogP contribution < -0.4 is 10.8 Å². The number of nitrogens with zero attached hydrogens (tertiary/aromatic N) is 2. The quantitative estimate of drug-likeness (QED) is 0.226. The lowest BCUT2D eigenvalue weighted by Gasteiger charge is -2.55. The molecule has 0 bridgehead atoms. The Kier molecular flexibility index (Phi) is 5.51. The van der Waals surface area contributed by atoms with Gasteiger partial charge in [0, 0.05) is 18.5 Å². The Morgan fingerprint density at radius 2 is 1.77 bits per heavy atom. The molecule has 1 amide bonds. The summed E-state index contributed by atoms with van der Waals surface area (Å²) in [5.74, 6) is -6.95. The molecule has 1 aromatic rings. The van der Waals surface area contributed by atoms with Crippen LogP contribution in [0.2, 0.25) is 0 Å². The fourth-order valence-corrected chi connectivity index (χ4v) is 5.78. The van der Waals surface area contributed by atoms with E-state index in [1.165, 1.54) is 24.0 Å². The number of amides is 1. The first-order chi connectivity index (χ1) is 16.2. The summed E-state index contributed by atoms with van der Waals surface area (Å²) in [5.41, 5.74) is 0.839. The Labute approximate surface area is 201 Å². The maximum atomic E-state index is 13.8. The van der Waals surface area contributed by atoms with Crippen LogP contribution in [0.3, 0.4) is 0 Å². The van der Waals surface area contributed by atoms with Crippen molar-refractivity contribution in [3.8, 4) is 5.75 Å². The summed E-state index contributed by atoms with van der Waals surface area (Å²) in [6.45, 7) is 1.52. The summed E-state index contributed by atoms with van der Waals surface area (Å²) < 4.78 is 0. The zero-order valence-corrected chi connectivity index (χ0v) is 20.1. The van der Waals surface area contributed by atoms with Crippen LogP contribution in [0.1, 0.15) is 24.5 Å². The summed E-state index contributed by atoms with van der Waals surface area (Å²) >= 11 is 0. The minimum absolute atomic E-state index is 0.000179. The van der Waals surface area contributed by atoms with Gasteiger partial charge in [-0.15, -0.1) is 0 Å². The van der Waals surface area contributed by atoms with Gasteiger partial charge in [-0.25, -0.2) is 0 Å². The second-order valence-electron chi connectivity index (χ2n) is 9.65. The highest BCUT2D eigenvalue weighted by Gasteiger charge is 2.68. The van der Waals surface area contributed by atoms with E-state index in [1.807, 2.05) is 0 Å². The topological polar surface area (TPSA) is 174 Å². The average molecular weight is 488 g/mol. The predicted molar refractivity (Wildman–Crippen MR) is 124 cm³/mol. The van der Waals surface area contributed by atoms with Gasteiger partial charge in [0.15, 0.2) is 11.4 Å². The first-order valence-electron chi connectivity index (χ1n) is 11.0. The molecular formula is C24H29N3O8. The molecule has 3 aliphatic rings. The molecule has 0 unspecified atom stereocenters. The second kappa shape index (κ2) is 7.80. The maximum absolute atomic E-state index is 13.8. The van der Waals surface area contributed by atoms with Crippen molar-refractivity contribution in [2.75, 3.05) is 33.3 Å². The van der Waals surface area contributed by atoms with Gasteiger partial charge in [-0.1, -0.05) is 6.07 Å². The number of ketones is 2. The van der Waals surface area contributed by atoms with Crippen molar-refractivity contribution in [2.24, 2.45) is 17.6 Å². The predicted octanol–water partition coefficient (Wildman–Crippen LogP) is 0.352. The number of aliphatic hydroxyl groups excluding tert-OH is 2. The Morgan fingerprint density at radius 3 is 2.31 bits per heavy atom. The van der Waals surface area contributed by atoms with Gasteiger partial charge in [0.05, 0.1) is 18.2 Å². The summed E-state index contributed by atoms with van der Waals surface area (Å²) in [6.07, 6.45) is 0.251. The largest absolute Gasteiger partial charge is 0.509 e. The van der Waals surface area contributed by atoms with Crippen molar-refractivity contribution in [1.82, 2.24) is 4.90 Å². The normalized spacial score (nSPS) is 30.3. The van der Waals surface area contributed by atoms with E-state index >= 15 is 0 Å². The van der Waals surface area contributed by atoms with E-state index in [9.17, 15) is 34.8 Å². The van der Waals surface area contributed by atoms with E-state index in [0.29, 0.717) is 5.56 Å². The SMILES string of the molecule is CON(C)c1ccc2c(c1O)C(O)=C1C(=O)[C@]3(O)C(=O)C(C(N)=O)=C(O)[C@@](C)(N(C)C)[C@@H]3C[C@@H]1C2. The summed E-state index contributed by atoms with van der Waals surface area (Å²) in [4.78, 5) is 45.9. The minimum atomic E-state index is -2.76. The number of primary amides is 1. The van der Waals surface area contributed by atoms with Crippen LogP contribution in [-0.2, 0) is 25.6 Å². The molecule has 188 valence electrons. The van der Waals surface area contributed by atoms with Crippen molar-refractivity contribution in [3.63, 3.8) is 0 Å². The molecule has 11 nitrogen and oxygen atoms in total. The van der Waals surface area contributed by atoms with E-state index in [-0.39, 0.29) is 35.4 Å². The molecule has 0 heterocycles. The molecular weight excluding hydrogens is 458 g/mol. The highest BCUT2D eigenvalue weighted by molar-refractivity contribution is 6.33. The molecule has 3 aliphatic carbocycles. The molecule has 0 aliphatic heterocycles. The molecule has 0 radical (unpaired) electrons. The zero-order valence-electron chi connectivity index (χ0n) is 20.1. The monoisotopic (exact) mass is 487 g/mol. The fourth-order valence-electron chi connectivity index (χ4n) is 5.78. The number of phenols is 1. The van der Waals surface area contributed by atoms with E-state index in [4.69, 9.17) is 10.6 Å². The maximum Gasteiger partial charge on any atom is 0.255 e. The molecule has 1 saturated carbocycles. The van der Waals surface area contributed by atoms with E-state index in [0.717, 1.165) is 0 Å². The number of hydrogen-bond acceptors (Lipinski definition) is 10. The number of hydroxylamine groups is 1. The number of aliphatic hydroxyl groups is 3. The number of Topliss-reactive ketones (excluding diaryl/α,β-unsaturated/α-hetero) is 2. The highest BCUT2D eigenvalue weighted by atomic mass is 16.7. The second-order valence-corrected chi connectivity index (χ2v) is 9.65. The molecule has 4 rings (SSSR count). The van der Waals surface area contributed by atoms with Gasteiger partial charge in [-0.3, -0.25) is 29.2 Å². The molecule has 35 heavy (non-hydrogen) atoms. The summed E-state index contributed by atoms with van der Waals surface area (Å²) in [7, 11) is 6.10. The van der Waals surface area contributed by atoms with Gasteiger partial charge >= 0.3 is 0 Å². The number of anilines is 1. The number of phenolic OH excluding ortho intramolecular Hbond substituents is 1. The zero-order chi connectivity index (χ0) is 26.2. The number of likely N-dealkylation sites (N-methyl/N-ethyl adjacent to an activating group) is 1. The number of benzene rings is 1. The number of carbonyl (C=O) groups is 3. The third kappa shape index (κ3) is 2.98. The van der Waals surface area contributed by atoms with Crippen LogP contribution in [0, 0.1) is 11.8 Å². The number of nitrogens with two attached hydrogens (primary N) is 1. The van der Waals surface area contributed by atoms with E-state index < -0.39 is 57.5 Å². The van der Waals surface area contributed by atoms with Gasteiger partial charge in [-0.05, 0) is 51.4 Å². The molecule has 1 fully saturated rings. The number of fused-ring (bicyclic) bond motifs is 3. The van der Waals surface area contributed by atoms with Crippen molar-refractivity contribution >= 4 is 28.9 Å². The number of rotatable bonds is 4. The van der Waals surface area contributed by atoms with Crippen LogP contribution >= 0.6 is 0 Å². The highest BCUT2D eigenvalue weighted by Crippen LogP contribution is 2.55. The molecule has 0 spiro atoms. The Morgan fingerprint density at radius 1 is 1.14 bits per heavy atom. The van der Waals surface area contributed by atoms with E-state index in [2.05, 4.69) is 0 Å². The van der Waals surface area contributed by atoms with Crippen LogP contribution in [-0.4, -0.2) is 82.2 Å². The lowest BCUT2D eigenvalue weighted by Crippen LogP contribution is -2.71. The average Bonchev–Trinajstić information content (AvgIpc) is 2.79. The van der Waals surface area contributed by atoms with Crippen LogP contribution in [0.5, 0.6) is 5.75 Å². The first-order valence-corrected chi connectivity index (χ1v) is 11.0. The van der Waals surface area contributed by atoms with Gasteiger partial charge in [0.25, 0.3) is 5.91 Å². The Hall–Kier alpha value is -3.41. The lowest BCUT2D eigenvalue weighted by atomic mass is 9.53. The van der Waals surface area contributed by atoms with Crippen LogP contribution in [0.4, 0.5) is 5.69 Å². The van der Waals surface area contributed by atoms with E-state index in [1.54, 1.807) is 33.3 Å². The van der Waals surface area contributed by atoms with Gasteiger partial charge in [0.1, 0.15) is 22.8 Å². The third-order valence-corrected chi connectivity index (χ3v) is 7.98. The molecule has 6 N–H and O–H groups in total.